The van der Waals surface area contributed by atoms with Crippen LogP contribution in [-0.4, -0.2) is 18.5 Å². The van der Waals surface area contributed by atoms with Crippen LogP contribution in [0.5, 0.6) is 0 Å². The minimum absolute atomic E-state index is 0.156. The van der Waals surface area contributed by atoms with E-state index in [0.717, 1.165) is 12.8 Å². The molecule has 1 aliphatic carbocycles. The molecule has 0 aliphatic heterocycles. The van der Waals surface area contributed by atoms with Gasteiger partial charge in [0.05, 0.1) is 0 Å². The lowest BCUT2D eigenvalue weighted by atomic mass is 10.1. The Hall–Kier alpha value is -0.570. The van der Waals surface area contributed by atoms with Crippen molar-refractivity contribution in [2.75, 3.05) is 6.54 Å². The van der Waals surface area contributed by atoms with Crippen LogP contribution < -0.4 is 11.1 Å². The number of hydrogen-bond acceptors (Lipinski definition) is 2. The molecule has 3 N–H and O–H groups in total. The highest BCUT2D eigenvalue weighted by Crippen LogP contribution is 2.51. The topological polar surface area (TPSA) is 55.1 Å². The molecule has 0 aromatic carbocycles. The molecule has 1 amide bonds. The molecule has 1 aliphatic rings. The Morgan fingerprint density at radius 3 is 2.54 bits per heavy atom. The highest BCUT2D eigenvalue weighted by molar-refractivity contribution is 5.82. The molecule has 2 atom stereocenters. The smallest absolute Gasteiger partial charge is 0.223 e. The molecule has 0 aromatic rings. The summed E-state index contributed by atoms with van der Waals surface area (Å²) in [5.74, 6) is 0.399. The number of amides is 1. The SMILES string of the molecule is CCC(CN)NC(=O)C1CC1(C)C. The highest BCUT2D eigenvalue weighted by atomic mass is 16.2. The van der Waals surface area contributed by atoms with Crippen molar-refractivity contribution in [1.29, 1.82) is 0 Å². The van der Waals surface area contributed by atoms with Crippen LogP contribution in [0.2, 0.25) is 0 Å². The molecule has 2 unspecified atom stereocenters. The third kappa shape index (κ3) is 2.44. The summed E-state index contributed by atoms with van der Waals surface area (Å²) in [6.45, 7) is 6.83. The van der Waals surface area contributed by atoms with Crippen LogP contribution in [-0.2, 0) is 4.79 Å². The molecular weight excluding hydrogens is 164 g/mol. The maximum Gasteiger partial charge on any atom is 0.223 e. The van der Waals surface area contributed by atoms with Crippen molar-refractivity contribution in [2.24, 2.45) is 17.1 Å². The van der Waals surface area contributed by atoms with Crippen molar-refractivity contribution in [3.8, 4) is 0 Å². The first-order chi connectivity index (χ1) is 6.01. The van der Waals surface area contributed by atoms with Crippen molar-refractivity contribution < 1.29 is 4.79 Å². The molecule has 1 saturated carbocycles. The molecule has 1 rings (SSSR count). The van der Waals surface area contributed by atoms with Crippen LogP contribution >= 0.6 is 0 Å². The summed E-state index contributed by atoms with van der Waals surface area (Å²) in [4.78, 5) is 11.6. The quantitative estimate of drug-likeness (QED) is 0.681. The van der Waals surface area contributed by atoms with Gasteiger partial charge in [-0.15, -0.1) is 0 Å². The van der Waals surface area contributed by atoms with Gasteiger partial charge in [0.1, 0.15) is 0 Å². The largest absolute Gasteiger partial charge is 0.352 e. The Labute approximate surface area is 80.1 Å². The third-order valence-electron chi connectivity index (χ3n) is 2.95. The first-order valence-corrected chi connectivity index (χ1v) is 5.01. The molecule has 3 nitrogen and oxygen atoms in total. The maximum absolute atomic E-state index is 11.6. The fourth-order valence-electron chi connectivity index (χ4n) is 1.54. The van der Waals surface area contributed by atoms with Crippen LogP contribution in [0.4, 0.5) is 0 Å². The first kappa shape index (κ1) is 10.5. The number of hydrogen-bond donors (Lipinski definition) is 2. The zero-order valence-corrected chi connectivity index (χ0v) is 8.76. The van der Waals surface area contributed by atoms with Crippen LogP contribution in [0.25, 0.3) is 0 Å². The van der Waals surface area contributed by atoms with Gasteiger partial charge in [0.15, 0.2) is 0 Å². The van der Waals surface area contributed by atoms with Crippen LogP contribution in [0, 0.1) is 11.3 Å². The monoisotopic (exact) mass is 184 g/mol. The second-order valence-electron chi connectivity index (χ2n) is 4.59. The zero-order valence-electron chi connectivity index (χ0n) is 8.76. The molecule has 0 bridgehead atoms. The molecule has 13 heavy (non-hydrogen) atoms. The predicted molar refractivity (Wildman–Crippen MR) is 53.2 cm³/mol. The van der Waals surface area contributed by atoms with Crippen LogP contribution in [0.3, 0.4) is 0 Å². The van der Waals surface area contributed by atoms with E-state index in [4.69, 9.17) is 5.73 Å². The Kier molecular flexibility index (Phi) is 2.96. The van der Waals surface area contributed by atoms with Crippen molar-refractivity contribution in [3.63, 3.8) is 0 Å². The lowest BCUT2D eigenvalue weighted by molar-refractivity contribution is -0.123. The summed E-state index contributed by atoms with van der Waals surface area (Å²) in [5.41, 5.74) is 5.72. The van der Waals surface area contributed by atoms with E-state index in [1.165, 1.54) is 0 Å². The Balaban J connectivity index is 2.34. The van der Waals surface area contributed by atoms with Gasteiger partial charge in [-0.05, 0) is 18.3 Å². The Morgan fingerprint density at radius 2 is 2.23 bits per heavy atom. The Morgan fingerprint density at radius 1 is 1.69 bits per heavy atom. The average Bonchev–Trinajstić information content (AvgIpc) is 2.70. The minimum Gasteiger partial charge on any atom is -0.352 e. The summed E-state index contributed by atoms with van der Waals surface area (Å²) >= 11 is 0. The molecule has 0 radical (unpaired) electrons. The van der Waals surface area contributed by atoms with Gasteiger partial charge < -0.3 is 11.1 Å². The first-order valence-electron chi connectivity index (χ1n) is 5.01. The lowest BCUT2D eigenvalue weighted by Crippen LogP contribution is -2.41. The second kappa shape index (κ2) is 3.66. The fraction of sp³-hybridized carbons (Fsp3) is 0.900. The van der Waals surface area contributed by atoms with E-state index in [9.17, 15) is 4.79 Å². The number of nitrogens with two attached hydrogens (primary N) is 1. The van der Waals surface area contributed by atoms with Gasteiger partial charge in [0.2, 0.25) is 5.91 Å². The van der Waals surface area contributed by atoms with E-state index in [0.29, 0.717) is 6.54 Å². The van der Waals surface area contributed by atoms with Gasteiger partial charge in [-0.25, -0.2) is 0 Å². The summed E-state index contributed by atoms with van der Waals surface area (Å²) < 4.78 is 0. The molecule has 76 valence electrons. The molecule has 0 saturated heterocycles. The predicted octanol–water partition coefficient (Wildman–Crippen LogP) is 0.886. The summed E-state index contributed by atoms with van der Waals surface area (Å²) in [6.07, 6.45) is 1.93. The highest BCUT2D eigenvalue weighted by Gasteiger charge is 2.50. The molecule has 0 heterocycles. The van der Waals surface area contributed by atoms with Gasteiger partial charge in [-0.3, -0.25) is 4.79 Å². The van der Waals surface area contributed by atoms with Crippen LogP contribution in [0.15, 0.2) is 0 Å². The van der Waals surface area contributed by atoms with Crippen molar-refractivity contribution in [3.05, 3.63) is 0 Å². The van der Waals surface area contributed by atoms with Gasteiger partial charge in [0, 0.05) is 18.5 Å². The van der Waals surface area contributed by atoms with E-state index < -0.39 is 0 Å². The molecule has 1 fully saturated rings. The van der Waals surface area contributed by atoms with Crippen molar-refractivity contribution in [1.82, 2.24) is 5.32 Å². The molecule has 0 aromatic heterocycles. The van der Waals surface area contributed by atoms with Crippen molar-refractivity contribution in [2.45, 2.75) is 39.7 Å². The second-order valence-corrected chi connectivity index (χ2v) is 4.59. The van der Waals surface area contributed by atoms with E-state index in [1.54, 1.807) is 0 Å². The van der Waals surface area contributed by atoms with E-state index in [-0.39, 0.29) is 23.3 Å². The summed E-state index contributed by atoms with van der Waals surface area (Å²) in [6, 6.07) is 0.156. The summed E-state index contributed by atoms with van der Waals surface area (Å²) in [7, 11) is 0. The third-order valence-corrected chi connectivity index (χ3v) is 2.95. The Bertz CT molecular complexity index is 197. The van der Waals surface area contributed by atoms with Crippen LogP contribution in [0.1, 0.15) is 33.6 Å². The maximum atomic E-state index is 11.6. The van der Waals surface area contributed by atoms with Gasteiger partial charge >= 0.3 is 0 Å². The normalized spacial score (nSPS) is 26.6. The van der Waals surface area contributed by atoms with E-state index in [1.807, 2.05) is 6.92 Å². The molecule has 3 heteroatoms. The standard InChI is InChI=1S/C10H20N2O/c1-4-7(6-11)12-9(13)8-5-10(8,2)3/h7-8H,4-6,11H2,1-3H3,(H,12,13). The fourth-order valence-corrected chi connectivity index (χ4v) is 1.54. The van der Waals surface area contributed by atoms with E-state index >= 15 is 0 Å². The van der Waals surface area contributed by atoms with Gasteiger partial charge in [0.25, 0.3) is 0 Å². The minimum atomic E-state index is 0.156. The molecule has 0 spiro atoms. The number of carbonyl (C=O) groups excluding carboxylic acids is 1. The number of carbonyl (C=O) groups is 1. The lowest BCUT2D eigenvalue weighted by Gasteiger charge is -2.15. The average molecular weight is 184 g/mol. The van der Waals surface area contributed by atoms with Gasteiger partial charge in [-0.1, -0.05) is 20.8 Å². The van der Waals surface area contributed by atoms with Crippen molar-refractivity contribution >= 4 is 5.91 Å². The summed E-state index contributed by atoms with van der Waals surface area (Å²) in [5, 5.41) is 2.97. The molecular formula is C10H20N2O. The van der Waals surface area contributed by atoms with E-state index in [2.05, 4.69) is 19.2 Å². The van der Waals surface area contributed by atoms with Gasteiger partial charge in [-0.2, -0.15) is 0 Å². The number of rotatable bonds is 4. The number of nitrogens with one attached hydrogen (secondary N) is 1. The zero-order chi connectivity index (χ0) is 10.1.